The maximum atomic E-state index is 11.6. The number of hydrogen-bond donors (Lipinski definition) is 0. The molecule has 3 atom stereocenters. The lowest BCUT2D eigenvalue weighted by atomic mass is 9.72. The summed E-state index contributed by atoms with van der Waals surface area (Å²) in [7, 11) is 1.43. The van der Waals surface area contributed by atoms with Crippen molar-refractivity contribution < 1.29 is 14.3 Å². The predicted octanol–water partition coefficient (Wildman–Crippen LogP) is 2.14. The fourth-order valence-corrected chi connectivity index (χ4v) is 3.32. The van der Waals surface area contributed by atoms with Crippen LogP contribution in [0.2, 0.25) is 0 Å². The van der Waals surface area contributed by atoms with Crippen LogP contribution in [-0.2, 0) is 14.3 Å². The van der Waals surface area contributed by atoms with E-state index >= 15 is 0 Å². The van der Waals surface area contributed by atoms with Gasteiger partial charge in [-0.15, -0.1) is 0 Å². The Balaban J connectivity index is 2.14. The van der Waals surface area contributed by atoms with Gasteiger partial charge < -0.3 is 9.47 Å². The van der Waals surface area contributed by atoms with Crippen LogP contribution in [-0.4, -0.2) is 24.3 Å². The van der Waals surface area contributed by atoms with Crippen LogP contribution in [0.5, 0.6) is 0 Å². The standard InChI is InChI=1S/C12H20O3/c1-8-5-9(2)7-12(6-8)11(3,15-12)10(13)14-4/h8-9H,5-7H2,1-4H3. The summed E-state index contributed by atoms with van der Waals surface area (Å²) in [6, 6.07) is 0. The molecule has 86 valence electrons. The smallest absolute Gasteiger partial charge is 0.340 e. The van der Waals surface area contributed by atoms with Crippen molar-refractivity contribution in [2.45, 2.75) is 51.2 Å². The van der Waals surface area contributed by atoms with Gasteiger partial charge in [0.15, 0.2) is 5.60 Å². The second-order valence-electron chi connectivity index (χ2n) is 5.48. The van der Waals surface area contributed by atoms with Crippen LogP contribution in [0.15, 0.2) is 0 Å². The minimum atomic E-state index is -0.676. The highest BCUT2D eigenvalue weighted by Crippen LogP contribution is 2.59. The summed E-state index contributed by atoms with van der Waals surface area (Å²) in [4.78, 5) is 11.6. The lowest BCUT2D eigenvalue weighted by Gasteiger charge is -2.30. The third-order valence-corrected chi connectivity index (χ3v) is 3.96. The molecule has 15 heavy (non-hydrogen) atoms. The monoisotopic (exact) mass is 212 g/mol. The summed E-state index contributed by atoms with van der Waals surface area (Å²) < 4.78 is 10.6. The lowest BCUT2D eigenvalue weighted by molar-refractivity contribution is -0.146. The normalized spacial score (nSPS) is 49.1. The van der Waals surface area contributed by atoms with Crippen molar-refractivity contribution in [3.8, 4) is 0 Å². The van der Waals surface area contributed by atoms with Gasteiger partial charge in [-0.3, -0.25) is 0 Å². The molecule has 0 radical (unpaired) electrons. The fourth-order valence-electron chi connectivity index (χ4n) is 3.32. The van der Waals surface area contributed by atoms with E-state index in [4.69, 9.17) is 9.47 Å². The van der Waals surface area contributed by atoms with E-state index in [-0.39, 0.29) is 11.6 Å². The maximum absolute atomic E-state index is 11.6. The molecular weight excluding hydrogens is 192 g/mol. The van der Waals surface area contributed by atoms with Crippen molar-refractivity contribution in [1.29, 1.82) is 0 Å². The second-order valence-corrected chi connectivity index (χ2v) is 5.48. The summed E-state index contributed by atoms with van der Waals surface area (Å²) in [6.07, 6.45) is 3.22. The Morgan fingerprint density at radius 1 is 1.33 bits per heavy atom. The number of methoxy groups -OCH3 is 1. The van der Waals surface area contributed by atoms with Crippen LogP contribution in [0.1, 0.15) is 40.0 Å². The van der Waals surface area contributed by atoms with Crippen molar-refractivity contribution in [3.05, 3.63) is 0 Å². The van der Waals surface area contributed by atoms with Gasteiger partial charge in [-0.2, -0.15) is 0 Å². The summed E-state index contributed by atoms with van der Waals surface area (Å²) in [6.45, 7) is 6.33. The van der Waals surface area contributed by atoms with Crippen molar-refractivity contribution >= 4 is 5.97 Å². The van der Waals surface area contributed by atoms with Gasteiger partial charge in [0.2, 0.25) is 0 Å². The topological polar surface area (TPSA) is 38.8 Å². The van der Waals surface area contributed by atoms with E-state index < -0.39 is 5.60 Å². The van der Waals surface area contributed by atoms with E-state index in [9.17, 15) is 4.79 Å². The Labute approximate surface area is 91.1 Å². The molecule has 0 aromatic carbocycles. The highest BCUT2D eigenvalue weighted by molar-refractivity contribution is 5.84. The SMILES string of the molecule is COC(=O)C1(C)OC12CC(C)CC(C)C2. The van der Waals surface area contributed by atoms with Gasteiger partial charge in [-0.05, 0) is 38.0 Å². The van der Waals surface area contributed by atoms with Crippen LogP contribution in [0.25, 0.3) is 0 Å². The average molecular weight is 212 g/mol. The first-order valence-corrected chi connectivity index (χ1v) is 5.72. The van der Waals surface area contributed by atoms with Crippen molar-refractivity contribution in [2.24, 2.45) is 11.8 Å². The Morgan fingerprint density at radius 3 is 2.33 bits per heavy atom. The Morgan fingerprint density at radius 2 is 1.87 bits per heavy atom. The summed E-state index contributed by atoms with van der Waals surface area (Å²) in [5.74, 6) is 1.06. The quantitative estimate of drug-likeness (QED) is 0.494. The summed E-state index contributed by atoms with van der Waals surface area (Å²) in [5.41, 5.74) is -0.901. The van der Waals surface area contributed by atoms with Crippen molar-refractivity contribution in [3.63, 3.8) is 0 Å². The number of hydrogen-bond acceptors (Lipinski definition) is 3. The van der Waals surface area contributed by atoms with Crippen LogP contribution in [0, 0.1) is 11.8 Å². The highest BCUT2D eigenvalue weighted by Gasteiger charge is 2.73. The van der Waals surface area contributed by atoms with E-state index in [1.807, 2.05) is 6.92 Å². The maximum Gasteiger partial charge on any atom is 0.340 e. The number of carbonyl (C=O) groups is 1. The number of epoxide rings is 1. The molecule has 1 saturated heterocycles. The molecule has 0 amide bonds. The molecule has 0 bridgehead atoms. The minimum absolute atomic E-state index is 0.219. The molecule has 1 heterocycles. The van der Waals surface area contributed by atoms with E-state index in [0.717, 1.165) is 12.8 Å². The number of carbonyl (C=O) groups excluding carboxylic acids is 1. The third kappa shape index (κ3) is 1.48. The van der Waals surface area contributed by atoms with Gasteiger partial charge in [0, 0.05) is 0 Å². The fraction of sp³-hybridized carbons (Fsp3) is 0.917. The van der Waals surface area contributed by atoms with Gasteiger partial charge in [-0.25, -0.2) is 4.79 Å². The zero-order valence-corrected chi connectivity index (χ0v) is 10.0. The molecule has 1 aliphatic carbocycles. The zero-order valence-electron chi connectivity index (χ0n) is 10.0. The first-order valence-electron chi connectivity index (χ1n) is 5.72. The molecule has 1 saturated carbocycles. The number of rotatable bonds is 1. The van der Waals surface area contributed by atoms with Crippen molar-refractivity contribution in [2.75, 3.05) is 7.11 Å². The summed E-state index contributed by atoms with van der Waals surface area (Å²) >= 11 is 0. The molecule has 3 unspecified atom stereocenters. The van der Waals surface area contributed by atoms with Crippen LogP contribution < -0.4 is 0 Å². The van der Waals surface area contributed by atoms with E-state index in [2.05, 4.69) is 13.8 Å². The summed E-state index contributed by atoms with van der Waals surface area (Å²) in [5, 5.41) is 0. The molecule has 3 heteroatoms. The Bertz CT molecular complexity index is 277. The van der Waals surface area contributed by atoms with Gasteiger partial charge in [0.05, 0.1) is 7.11 Å². The second kappa shape index (κ2) is 3.21. The molecular formula is C12H20O3. The average Bonchev–Trinajstić information content (AvgIpc) is 2.68. The molecule has 0 aromatic rings. The largest absolute Gasteiger partial charge is 0.467 e. The van der Waals surface area contributed by atoms with Gasteiger partial charge in [-0.1, -0.05) is 13.8 Å². The minimum Gasteiger partial charge on any atom is -0.467 e. The molecule has 3 nitrogen and oxygen atoms in total. The van der Waals surface area contributed by atoms with Gasteiger partial charge >= 0.3 is 5.97 Å². The molecule has 2 aliphatic rings. The predicted molar refractivity (Wildman–Crippen MR) is 56.4 cm³/mol. The number of esters is 1. The first kappa shape index (κ1) is 10.9. The number of ether oxygens (including phenoxy) is 2. The third-order valence-electron chi connectivity index (χ3n) is 3.96. The van der Waals surface area contributed by atoms with E-state index in [1.165, 1.54) is 13.5 Å². The molecule has 2 fully saturated rings. The first-order chi connectivity index (χ1) is 6.93. The van der Waals surface area contributed by atoms with Crippen LogP contribution in [0.4, 0.5) is 0 Å². The Hall–Kier alpha value is -0.570. The van der Waals surface area contributed by atoms with E-state index in [1.54, 1.807) is 0 Å². The molecule has 0 aromatic heterocycles. The lowest BCUT2D eigenvalue weighted by Crippen LogP contribution is -2.37. The van der Waals surface area contributed by atoms with E-state index in [0.29, 0.717) is 11.8 Å². The van der Waals surface area contributed by atoms with Crippen molar-refractivity contribution in [1.82, 2.24) is 0 Å². The Kier molecular flexibility index (Phi) is 2.34. The van der Waals surface area contributed by atoms with Gasteiger partial charge in [0.25, 0.3) is 0 Å². The molecule has 0 N–H and O–H groups in total. The molecule has 1 spiro atoms. The zero-order chi connectivity index (χ0) is 11.3. The van der Waals surface area contributed by atoms with Crippen LogP contribution in [0.3, 0.4) is 0 Å². The highest BCUT2D eigenvalue weighted by atomic mass is 16.7. The van der Waals surface area contributed by atoms with Gasteiger partial charge in [0.1, 0.15) is 5.60 Å². The molecule has 1 aliphatic heterocycles. The van der Waals surface area contributed by atoms with Crippen LogP contribution >= 0.6 is 0 Å². The molecule has 2 rings (SSSR count).